The lowest BCUT2D eigenvalue weighted by Gasteiger charge is -2.32. The van der Waals surface area contributed by atoms with Gasteiger partial charge in [-0.3, -0.25) is 4.79 Å². The molecule has 0 heterocycles. The van der Waals surface area contributed by atoms with Gasteiger partial charge in [-0.05, 0) is 31.0 Å². The molecule has 3 nitrogen and oxygen atoms in total. The van der Waals surface area contributed by atoms with Gasteiger partial charge in [-0.15, -0.1) is 11.8 Å². The molecular weight excluding hydrogens is 290 g/mol. The number of halogens is 1. The van der Waals surface area contributed by atoms with E-state index < -0.39 is 5.97 Å². The Morgan fingerprint density at radius 3 is 2.81 bits per heavy atom. The lowest BCUT2D eigenvalue weighted by atomic mass is 9.85. The van der Waals surface area contributed by atoms with E-state index in [1.807, 2.05) is 18.2 Å². The Labute approximate surface area is 107 Å². The van der Waals surface area contributed by atoms with E-state index in [0.29, 0.717) is 5.69 Å². The number of nitrogens with two attached hydrogens (primary N) is 1. The van der Waals surface area contributed by atoms with E-state index in [0.717, 1.165) is 22.2 Å². The van der Waals surface area contributed by atoms with E-state index in [4.69, 9.17) is 10.8 Å². The number of rotatable bonds is 3. The van der Waals surface area contributed by atoms with Crippen LogP contribution in [0.4, 0.5) is 5.69 Å². The summed E-state index contributed by atoms with van der Waals surface area (Å²) in [6, 6.07) is 5.66. The summed E-state index contributed by atoms with van der Waals surface area (Å²) < 4.78 is 0.968. The van der Waals surface area contributed by atoms with E-state index in [-0.39, 0.29) is 11.2 Å². The van der Waals surface area contributed by atoms with Gasteiger partial charge < -0.3 is 10.8 Å². The first-order chi connectivity index (χ1) is 7.58. The number of hydrogen-bond acceptors (Lipinski definition) is 3. The van der Waals surface area contributed by atoms with Crippen molar-refractivity contribution in [2.45, 2.75) is 23.0 Å². The van der Waals surface area contributed by atoms with Crippen LogP contribution < -0.4 is 5.73 Å². The Kier molecular flexibility index (Phi) is 3.44. The Morgan fingerprint density at radius 1 is 1.50 bits per heavy atom. The summed E-state index contributed by atoms with van der Waals surface area (Å²) >= 11 is 4.96. The van der Waals surface area contributed by atoms with Crippen LogP contribution in [0.2, 0.25) is 0 Å². The predicted molar refractivity (Wildman–Crippen MR) is 68.6 cm³/mol. The molecule has 86 valence electrons. The van der Waals surface area contributed by atoms with Crippen LogP contribution in [0.25, 0.3) is 0 Å². The summed E-state index contributed by atoms with van der Waals surface area (Å²) in [6.07, 6.45) is 1.73. The van der Waals surface area contributed by atoms with E-state index in [9.17, 15) is 4.79 Å². The molecular formula is C11H12BrNO2S. The Balaban J connectivity index is 2.09. The molecule has 0 saturated heterocycles. The van der Waals surface area contributed by atoms with Crippen molar-refractivity contribution in [3.05, 3.63) is 22.7 Å². The number of hydrogen-bond donors (Lipinski definition) is 2. The summed E-state index contributed by atoms with van der Waals surface area (Å²) in [6.45, 7) is 0. The minimum atomic E-state index is -0.697. The highest BCUT2D eigenvalue weighted by molar-refractivity contribution is 9.10. The van der Waals surface area contributed by atoms with E-state index >= 15 is 0 Å². The molecule has 2 rings (SSSR count). The van der Waals surface area contributed by atoms with Gasteiger partial charge in [0.15, 0.2) is 0 Å². The maximum Gasteiger partial charge on any atom is 0.307 e. The molecule has 16 heavy (non-hydrogen) atoms. The van der Waals surface area contributed by atoms with Gasteiger partial charge in [-0.2, -0.15) is 0 Å². The minimum Gasteiger partial charge on any atom is -0.481 e. The summed E-state index contributed by atoms with van der Waals surface area (Å²) in [5.74, 6) is -0.916. The number of nitrogen functional groups attached to an aromatic ring is 1. The van der Waals surface area contributed by atoms with Gasteiger partial charge in [0.1, 0.15) is 0 Å². The lowest BCUT2D eigenvalue weighted by Crippen LogP contribution is -2.35. The number of anilines is 1. The Hall–Kier alpha value is -0.680. The number of carbonyl (C=O) groups is 1. The second-order valence-corrected chi connectivity index (χ2v) is 6.06. The molecule has 1 aliphatic rings. The molecule has 1 fully saturated rings. The van der Waals surface area contributed by atoms with Crippen LogP contribution in [-0.4, -0.2) is 16.3 Å². The fraction of sp³-hybridized carbons (Fsp3) is 0.364. The number of aliphatic carboxylic acids is 1. The molecule has 3 N–H and O–H groups in total. The van der Waals surface area contributed by atoms with Gasteiger partial charge in [-0.25, -0.2) is 0 Å². The number of benzene rings is 1. The summed E-state index contributed by atoms with van der Waals surface area (Å²) in [5.41, 5.74) is 6.56. The van der Waals surface area contributed by atoms with E-state index in [1.165, 1.54) is 0 Å². The first-order valence-corrected chi connectivity index (χ1v) is 6.69. The summed E-state index contributed by atoms with van der Waals surface area (Å²) in [7, 11) is 0. The van der Waals surface area contributed by atoms with Crippen molar-refractivity contribution in [2.75, 3.05) is 5.73 Å². The molecule has 0 amide bonds. The monoisotopic (exact) mass is 301 g/mol. The highest BCUT2D eigenvalue weighted by Gasteiger charge is 2.37. The topological polar surface area (TPSA) is 63.3 Å². The molecule has 1 aliphatic carbocycles. The number of thioether (sulfide) groups is 1. The minimum absolute atomic E-state index is 0.161. The van der Waals surface area contributed by atoms with Gasteiger partial charge in [0.2, 0.25) is 0 Å². The highest BCUT2D eigenvalue weighted by Crippen LogP contribution is 2.43. The van der Waals surface area contributed by atoms with Crippen molar-refractivity contribution < 1.29 is 9.90 Å². The van der Waals surface area contributed by atoms with Gasteiger partial charge >= 0.3 is 5.97 Å². The standard InChI is InChI=1S/C11H12BrNO2S/c12-6-1-3-8(13)10(5-6)16-9-4-2-7(9)11(14)15/h1,3,5,7,9H,2,4,13H2,(H,14,15). The van der Waals surface area contributed by atoms with Crippen molar-refractivity contribution in [2.24, 2.45) is 5.92 Å². The average Bonchev–Trinajstić information content (AvgIpc) is 2.16. The molecule has 2 unspecified atom stereocenters. The number of carboxylic acids is 1. The molecule has 2 atom stereocenters. The Bertz CT molecular complexity index is 424. The Morgan fingerprint density at radius 2 is 2.25 bits per heavy atom. The second-order valence-electron chi connectivity index (χ2n) is 3.86. The average molecular weight is 302 g/mol. The van der Waals surface area contributed by atoms with Crippen molar-refractivity contribution in [3.8, 4) is 0 Å². The molecule has 0 aliphatic heterocycles. The van der Waals surface area contributed by atoms with E-state index in [1.54, 1.807) is 11.8 Å². The van der Waals surface area contributed by atoms with Crippen LogP contribution >= 0.6 is 27.7 Å². The first-order valence-electron chi connectivity index (χ1n) is 5.02. The van der Waals surface area contributed by atoms with Crippen LogP contribution in [0.3, 0.4) is 0 Å². The molecule has 0 radical (unpaired) electrons. The smallest absolute Gasteiger partial charge is 0.307 e. The zero-order valence-electron chi connectivity index (χ0n) is 8.52. The quantitative estimate of drug-likeness (QED) is 0.843. The highest BCUT2D eigenvalue weighted by atomic mass is 79.9. The first kappa shape index (κ1) is 11.8. The largest absolute Gasteiger partial charge is 0.481 e. The van der Waals surface area contributed by atoms with Crippen molar-refractivity contribution in [1.82, 2.24) is 0 Å². The lowest BCUT2D eigenvalue weighted by molar-refractivity contribution is -0.144. The van der Waals surface area contributed by atoms with Crippen molar-refractivity contribution in [1.29, 1.82) is 0 Å². The van der Waals surface area contributed by atoms with Gasteiger partial charge in [-0.1, -0.05) is 15.9 Å². The molecule has 1 saturated carbocycles. The van der Waals surface area contributed by atoms with Crippen LogP contribution in [-0.2, 0) is 4.79 Å². The fourth-order valence-corrected chi connectivity index (χ4v) is 3.57. The van der Waals surface area contributed by atoms with Crippen LogP contribution in [0, 0.1) is 5.92 Å². The normalized spacial score (nSPS) is 23.8. The van der Waals surface area contributed by atoms with Gasteiger partial charge in [0.25, 0.3) is 0 Å². The zero-order valence-corrected chi connectivity index (χ0v) is 10.9. The van der Waals surface area contributed by atoms with Crippen LogP contribution in [0.15, 0.2) is 27.6 Å². The summed E-state index contributed by atoms with van der Waals surface area (Å²) in [4.78, 5) is 11.8. The van der Waals surface area contributed by atoms with Crippen molar-refractivity contribution in [3.63, 3.8) is 0 Å². The van der Waals surface area contributed by atoms with E-state index in [2.05, 4.69) is 15.9 Å². The molecule has 1 aromatic carbocycles. The SMILES string of the molecule is Nc1ccc(Br)cc1SC1CCC1C(=O)O. The number of carboxylic acid groups (broad SMARTS) is 1. The molecule has 0 spiro atoms. The summed E-state index contributed by atoms with van der Waals surface area (Å²) in [5, 5.41) is 9.11. The van der Waals surface area contributed by atoms with Gasteiger partial charge in [0, 0.05) is 20.3 Å². The maximum absolute atomic E-state index is 10.9. The second kappa shape index (κ2) is 4.67. The van der Waals surface area contributed by atoms with Crippen LogP contribution in [0.1, 0.15) is 12.8 Å². The third-order valence-corrected chi connectivity index (χ3v) is 4.75. The van der Waals surface area contributed by atoms with Gasteiger partial charge in [0.05, 0.1) is 5.92 Å². The molecule has 0 bridgehead atoms. The maximum atomic E-state index is 10.9. The molecule has 5 heteroatoms. The van der Waals surface area contributed by atoms with Crippen LogP contribution in [0.5, 0.6) is 0 Å². The molecule has 1 aromatic rings. The third kappa shape index (κ3) is 2.35. The third-order valence-electron chi connectivity index (χ3n) is 2.78. The fourth-order valence-electron chi connectivity index (χ4n) is 1.67. The van der Waals surface area contributed by atoms with Crippen molar-refractivity contribution >= 4 is 39.3 Å². The predicted octanol–water partition coefficient (Wildman–Crippen LogP) is 2.99. The zero-order chi connectivity index (χ0) is 11.7. The molecule has 0 aromatic heterocycles.